The smallest absolute Gasteiger partial charge is 0.240 e. The third-order valence-electron chi connectivity index (χ3n) is 4.67. The number of tetrazole rings is 1. The highest BCUT2D eigenvalue weighted by atomic mass is 32.2. The van der Waals surface area contributed by atoms with Gasteiger partial charge in [-0.15, -0.1) is 5.10 Å². The van der Waals surface area contributed by atoms with E-state index in [1.54, 1.807) is 17.0 Å². The third-order valence-corrected chi connectivity index (χ3v) is 6.61. The summed E-state index contributed by atoms with van der Waals surface area (Å²) in [5.74, 6) is -0.507. The zero-order valence-corrected chi connectivity index (χ0v) is 15.6. The van der Waals surface area contributed by atoms with Crippen molar-refractivity contribution in [2.45, 2.75) is 43.6 Å². The number of sulfone groups is 1. The van der Waals surface area contributed by atoms with Gasteiger partial charge in [0.1, 0.15) is 11.0 Å². The summed E-state index contributed by atoms with van der Waals surface area (Å²) < 4.78 is 27.0. The SMILES string of the molecule is CC(C(=O)N1CCCCCC1)S(=O)(=O)Cc1nnnn1-c1ccccc1. The fourth-order valence-electron chi connectivity index (χ4n) is 3.07. The van der Waals surface area contributed by atoms with Crippen molar-refractivity contribution in [1.82, 2.24) is 25.1 Å². The Labute approximate surface area is 153 Å². The standard InChI is InChI=1S/C17H23N5O3S/c1-14(17(23)21-11-7-2-3-8-12-21)26(24,25)13-16-18-19-20-22(16)15-9-5-4-6-10-15/h4-6,9-10,14H,2-3,7-8,11-13H2,1H3. The number of rotatable bonds is 5. The molecule has 1 aliphatic heterocycles. The molecule has 1 unspecified atom stereocenters. The summed E-state index contributed by atoms with van der Waals surface area (Å²) in [6.07, 6.45) is 4.00. The number of benzene rings is 1. The van der Waals surface area contributed by atoms with Crippen LogP contribution in [0.3, 0.4) is 0 Å². The molecule has 1 amide bonds. The van der Waals surface area contributed by atoms with E-state index in [-0.39, 0.29) is 17.5 Å². The molecular weight excluding hydrogens is 354 g/mol. The predicted molar refractivity (Wildman–Crippen MR) is 96.3 cm³/mol. The second-order valence-corrected chi connectivity index (χ2v) is 8.85. The van der Waals surface area contributed by atoms with Crippen LogP contribution in [0.1, 0.15) is 38.4 Å². The maximum absolute atomic E-state index is 12.8. The first-order valence-corrected chi connectivity index (χ1v) is 10.5. The van der Waals surface area contributed by atoms with E-state index in [0.717, 1.165) is 25.7 Å². The van der Waals surface area contributed by atoms with Gasteiger partial charge in [-0.2, -0.15) is 4.68 Å². The molecule has 140 valence electrons. The Morgan fingerprint density at radius 2 is 1.77 bits per heavy atom. The summed E-state index contributed by atoms with van der Waals surface area (Å²) in [6, 6.07) is 9.07. The third kappa shape index (κ3) is 4.09. The molecule has 26 heavy (non-hydrogen) atoms. The number of aromatic nitrogens is 4. The van der Waals surface area contributed by atoms with Gasteiger partial charge in [-0.3, -0.25) is 4.79 Å². The van der Waals surface area contributed by atoms with Crippen molar-refractivity contribution in [3.63, 3.8) is 0 Å². The number of carbonyl (C=O) groups is 1. The molecule has 1 aliphatic rings. The number of amides is 1. The molecule has 1 aromatic heterocycles. The van der Waals surface area contributed by atoms with Gasteiger partial charge in [0, 0.05) is 13.1 Å². The zero-order chi connectivity index (χ0) is 18.6. The minimum absolute atomic E-state index is 0.201. The van der Waals surface area contributed by atoms with Crippen molar-refractivity contribution in [1.29, 1.82) is 0 Å². The van der Waals surface area contributed by atoms with Crippen molar-refractivity contribution < 1.29 is 13.2 Å². The van der Waals surface area contributed by atoms with Crippen LogP contribution in [0, 0.1) is 0 Å². The summed E-state index contributed by atoms with van der Waals surface area (Å²) >= 11 is 0. The Morgan fingerprint density at radius 3 is 2.42 bits per heavy atom. The van der Waals surface area contributed by atoms with E-state index in [2.05, 4.69) is 15.5 Å². The van der Waals surface area contributed by atoms with Gasteiger partial charge in [-0.05, 0) is 42.3 Å². The van der Waals surface area contributed by atoms with Gasteiger partial charge in [0.05, 0.1) is 5.69 Å². The number of likely N-dealkylation sites (tertiary alicyclic amines) is 1. The minimum atomic E-state index is -3.73. The first-order chi connectivity index (χ1) is 12.5. The van der Waals surface area contributed by atoms with Crippen LogP contribution < -0.4 is 0 Å². The molecule has 1 fully saturated rings. The summed E-state index contributed by atoms with van der Waals surface area (Å²) in [5, 5.41) is 10.2. The van der Waals surface area contributed by atoms with Crippen molar-refractivity contribution in [2.24, 2.45) is 0 Å². The van der Waals surface area contributed by atoms with Crippen LogP contribution in [-0.2, 0) is 20.4 Å². The first-order valence-electron chi connectivity index (χ1n) is 8.82. The number of carbonyl (C=O) groups excluding carboxylic acids is 1. The molecule has 8 nitrogen and oxygen atoms in total. The van der Waals surface area contributed by atoms with Crippen LogP contribution in [0.25, 0.3) is 5.69 Å². The maximum Gasteiger partial charge on any atom is 0.240 e. The van der Waals surface area contributed by atoms with E-state index < -0.39 is 15.1 Å². The molecule has 2 aromatic rings. The largest absolute Gasteiger partial charge is 0.342 e. The number of nitrogens with zero attached hydrogens (tertiary/aromatic N) is 5. The van der Waals surface area contributed by atoms with Crippen LogP contribution >= 0.6 is 0 Å². The van der Waals surface area contributed by atoms with Gasteiger partial charge in [0.2, 0.25) is 5.91 Å². The van der Waals surface area contributed by atoms with Crippen molar-refractivity contribution >= 4 is 15.7 Å². The summed E-state index contributed by atoms with van der Waals surface area (Å²) in [4.78, 5) is 14.3. The van der Waals surface area contributed by atoms with Crippen LogP contribution in [0.5, 0.6) is 0 Å². The predicted octanol–water partition coefficient (Wildman–Crippen LogP) is 1.37. The minimum Gasteiger partial charge on any atom is -0.342 e. The zero-order valence-electron chi connectivity index (χ0n) is 14.8. The van der Waals surface area contributed by atoms with Crippen LogP contribution in [0.2, 0.25) is 0 Å². The van der Waals surface area contributed by atoms with Gasteiger partial charge < -0.3 is 4.90 Å². The van der Waals surface area contributed by atoms with E-state index >= 15 is 0 Å². The van der Waals surface area contributed by atoms with Crippen LogP contribution in [0.4, 0.5) is 0 Å². The molecule has 3 rings (SSSR count). The lowest BCUT2D eigenvalue weighted by Crippen LogP contribution is -2.42. The summed E-state index contributed by atoms with van der Waals surface area (Å²) in [5.41, 5.74) is 0.675. The van der Waals surface area contributed by atoms with Gasteiger partial charge >= 0.3 is 0 Å². The van der Waals surface area contributed by atoms with Gasteiger partial charge in [-0.1, -0.05) is 31.0 Å². The van der Waals surface area contributed by atoms with E-state index in [1.165, 1.54) is 11.6 Å². The molecule has 2 heterocycles. The van der Waals surface area contributed by atoms with E-state index in [4.69, 9.17) is 0 Å². The monoisotopic (exact) mass is 377 g/mol. The molecule has 0 saturated carbocycles. The van der Waals surface area contributed by atoms with E-state index in [1.807, 2.05) is 18.2 Å². The Bertz CT molecular complexity index is 842. The lowest BCUT2D eigenvalue weighted by molar-refractivity contribution is -0.130. The molecule has 0 N–H and O–H groups in total. The molecule has 0 aliphatic carbocycles. The average Bonchev–Trinajstić information content (AvgIpc) is 2.92. The highest BCUT2D eigenvalue weighted by Crippen LogP contribution is 2.17. The lowest BCUT2D eigenvalue weighted by atomic mass is 10.2. The average molecular weight is 377 g/mol. The molecule has 0 radical (unpaired) electrons. The Kier molecular flexibility index (Phi) is 5.65. The second-order valence-electron chi connectivity index (χ2n) is 6.53. The van der Waals surface area contributed by atoms with Crippen molar-refractivity contribution in [2.75, 3.05) is 13.1 Å². The molecule has 1 atom stereocenters. The van der Waals surface area contributed by atoms with Crippen LogP contribution in [0.15, 0.2) is 30.3 Å². The van der Waals surface area contributed by atoms with Crippen LogP contribution in [-0.4, -0.2) is 57.8 Å². The quantitative estimate of drug-likeness (QED) is 0.780. The van der Waals surface area contributed by atoms with Gasteiger partial charge in [0.25, 0.3) is 0 Å². The fraction of sp³-hybridized carbons (Fsp3) is 0.529. The molecule has 0 bridgehead atoms. The van der Waals surface area contributed by atoms with Gasteiger partial charge in [-0.25, -0.2) is 8.42 Å². The summed E-state index contributed by atoms with van der Waals surface area (Å²) in [7, 11) is -3.73. The normalized spacial score (nSPS) is 16.9. The maximum atomic E-state index is 12.8. The fourth-order valence-corrected chi connectivity index (χ4v) is 4.32. The molecular formula is C17H23N5O3S. The van der Waals surface area contributed by atoms with E-state index in [9.17, 15) is 13.2 Å². The second kappa shape index (κ2) is 7.94. The number of hydrogen-bond acceptors (Lipinski definition) is 6. The Morgan fingerprint density at radius 1 is 1.12 bits per heavy atom. The molecule has 9 heteroatoms. The first kappa shape index (κ1) is 18.5. The summed E-state index contributed by atoms with van der Waals surface area (Å²) in [6.45, 7) is 2.71. The number of para-hydroxylation sites is 1. The highest BCUT2D eigenvalue weighted by molar-refractivity contribution is 7.92. The highest BCUT2D eigenvalue weighted by Gasteiger charge is 2.33. The molecule has 0 spiro atoms. The van der Waals surface area contributed by atoms with Gasteiger partial charge in [0.15, 0.2) is 15.7 Å². The molecule has 1 saturated heterocycles. The lowest BCUT2D eigenvalue weighted by Gasteiger charge is -2.24. The van der Waals surface area contributed by atoms with Crippen molar-refractivity contribution in [3.8, 4) is 5.69 Å². The van der Waals surface area contributed by atoms with Crippen molar-refractivity contribution in [3.05, 3.63) is 36.2 Å². The Hall–Kier alpha value is -2.29. The number of hydrogen-bond donors (Lipinski definition) is 0. The van der Waals surface area contributed by atoms with E-state index in [0.29, 0.717) is 18.8 Å². The Balaban J connectivity index is 1.77. The molecule has 1 aromatic carbocycles. The topological polar surface area (TPSA) is 98.1 Å².